The number of ether oxygens (including phenoxy) is 3. The summed E-state index contributed by atoms with van der Waals surface area (Å²) in [5.74, 6) is 0. The lowest BCUT2D eigenvalue weighted by molar-refractivity contribution is -0.0856. The Bertz CT molecular complexity index is 563. The van der Waals surface area contributed by atoms with Crippen LogP contribution in [0.15, 0.2) is 60.7 Å². The summed E-state index contributed by atoms with van der Waals surface area (Å²) in [6.45, 7) is 0.436. The normalized spacial score (nSPS) is 26.0. The van der Waals surface area contributed by atoms with E-state index in [1.807, 2.05) is 60.7 Å². The molecule has 2 aromatic rings. The molecule has 2 unspecified atom stereocenters. The molecule has 5 nitrogen and oxygen atoms in total. The molecule has 134 valence electrons. The zero-order valence-corrected chi connectivity index (χ0v) is 14.0. The van der Waals surface area contributed by atoms with Gasteiger partial charge in [-0.2, -0.15) is 0 Å². The Morgan fingerprint density at radius 3 is 1.44 bits per heavy atom. The molecule has 2 aromatic carbocycles. The molecule has 1 aliphatic rings. The summed E-state index contributed by atoms with van der Waals surface area (Å²) < 4.78 is 17.7. The first-order valence-corrected chi connectivity index (χ1v) is 8.50. The van der Waals surface area contributed by atoms with Crippen molar-refractivity contribution < 1.29 is 24.4 Å². The highest BCUT2D eigenvalue weighted by atomic mass is 16.6. The van der Waals surface area contributed by atoms with E-state index in [-0.39, 0.29) is 13.2 Å². The van der Waals surface area contributed by atoms with Crippen LogP contribution in [-0.2, 0) is 27.4 Å². The minimum absolute atomic E-state index is 0.179. The van der Waals surface area contributed by atoms with Crippen molar-refractivity contribution in [1.82, 2.24) is 0 Å². The molecule has 1 fully saturated rings. The molecule has 2 N–H and O–H groups in total. The van der Waals surface area contributed by atoms with Crippen LogP contribution in [0.4, 0.5) is 0 Å². The van der Waals surface area contributed by atoms with Crippen LogP contribution in [0.1, 0.15) is 11.1 Å². The molecule has 5 heteroatoms. The molecule has 4 atom stereocenters. The van der Waals surface area contributed by atoms with Gasteiger partial charge in [0.2, 0.25) is 0 Å². The lowest BCUT2D eigenvalue weighted by Gasteiger charge is -2.24. The predicted molar refractivity (Wildman–Crippen MR) is 92.9 cm³/mol. The second-order valence-corrected chi connectivity index (χ2v) is 6.10. The van der Waals surface area contributed by atoms with Crippen molar-refractivity contribution in [2.45, 2.75) is 37.6 Å². The van der Waals surface area contributed by atoms with Crippen molar-refractivity contribution in [3.05, 3.63) is 71.8 Å². The summed E-state index contributed by atoms with van der Waals surface area (Å²) in [6, 6.07) is 19.6. The SMILES string of the molecule is OC[C@@H]1O[C@H](CO)C(OCc2ccccc2)C1OCc1ccccc1. The topological polar surface area (TPSA) is 68.2 Å². The predicted octanol–water partition coefficient (Wildman–Crippen LogP) is 1.91. The minimum Gasteiger partial charge on any atom is -0.394 e. The Kier molecular flexibility index (Phi) is 6.55. The van der Waals surface area contributed by atoms with Gasteiger partial charge in [0.1, 0.15) is 24.4 Å². The number of benzene rings is 2. The van der Waals surface area contributed by atoms with E-state index in [9.17, 15) is 10.2 Å². The summed E-state index contributed by atoms with van der Waals surface area (Å²) in [5.41, 5.74) is 2.07. The van der Waals surface area contributed by atoms with Gasteiger partial charge in [0.05, 0.1) is 26.4 Å². The first-order chi connectivity index (χ1) is 12.3. The van der Waals surface area contributed by atoms with Crippen LogP contribution in [0.25, 0.3) is 0 Å². The average molecular weight is 344 g/mol. The monoisotopic (exact) mass is 344 g/mol. The number of hydrogen-bond acceptors (Lipinski definition) is 5. The fraction of sp³-hybridized carbons (Fsp3) is 0.400. The molecular formula is C20H24O5. The average Bonchev–Trinajstić information content (AvgIpc) is 3.03. The molecule has 3 rings (SSSR count). The zero-order valence-electron chi connectivity index (χ0n) is 14.0. The van der Waals surface area contributed by atoms with Gasteiger partial charge in [-0.25, -0.2) is 0 Å². The van der Waals surface area contributed by atoms with Crippen LogP contribution in [0.3, 0.4) is 0 Å². The molecule has 0 bridgehead atoms. The summed E-state index contributed by atoms with van der Waals surface area (Å²) in [5, 5.41) is 19.2. The summed E-state index contributed by atoms with van der Waals surface area (Å²) in [6.07, 6.45) is -1.90. The molecule has 0 amide bonds. The van der Waals surface area contributed by atoms with Crippen molar-refractivity contribution in [3.8, 4) is 0 Å². The minimum atomic E-state index is -0.512. The van der Waals surface area contributed by atoms with Crippen LogP contribution in [0, 0.1) is 0 Å². The summed E-state index contributed by atoms with van der Waals surface area (Å²) >= 11 is 0. The van der Waals surface area contributed by atoms with Crippen molar-refractivity contribution in [1.29, 1.82) is 0 Å². The number of rotatable bonds is 8. The van der Waals surface area contributed by atoms with E-state index in [4.69, 9.17) is 14.2 Å². The van der Waals surface area contributed by atoms with E-state index in [0.717, 1.165) is 11.1 Å². The van der Waals surface area contributed by atoms with Crippen molar-refractivity contribution in [2.24, 2.45) is 0 Å². The fourth-order valence-electron chi connectivity index (χ4n) is 3.03. The van der Waals surface area contributed by atoms with Crippen LogP contribution in [-0.4, -0.2) is 47.8 Å². The third-order valence-corrected chi connectivity index (χ3v) is 4.34. The molecule has 0 saturated carbocycles. The standard InChI is InChI=1S/C20H24O5/c21-11-17-19(23-13-15-7-3-1-4-8-15)20(18(12-22)25-17)24-14-16-9-5-2-6-10-16/h1-10,17-22H,11-14H2/t17-,18+,19?,20?. The number of aliphatic hydroxyl groups excluding tert-OH is 2. The molecular weight excluding hydrogens is 320 g/mol. The molecule has 1 heterocycles. The zero-order chi connectivity index (χ0) is 17.5. The Labute approximate surface area is 147 Å². The molecule has 25 heavy (non-hydrogen) atoms. The van der Waals surface area contributed by atoms with Crippen molar-refractivity contribution >= 4 is 0 Å². The van der Waals surface area contributed by atoms with Gasteiger partial charge in [-0.15, -0.1) is 0 Å². The fourth-order valence-corrected chi connectivity index (χ4v) is 3.03. The molecule has 0 radical (unpaired) electrons. The molecule has 1 saturated heterocycles. The van der Waals surface area contributed by atoms with Gasteiger partial charge in [0.25, 0.3) is 0 Å². The second-order valence-electron chi connectivity index (χ2n) is 6.10. The molecule has 1 aliphatic heterocycles. The first kappa shape index (κ1) is 18.0. The van der Waals surface area contributed by atoms with Crippen molar-refractivity contribution in [3.63, 3.8) is 0 Å². The van der Waals surface area contributed by atoms with Gasteiger partial charge in [-0.3, -0.25) is 0 Å². The Balaban J connectivity index is 1.66. The van der Waals surface area contributed by atoms with Gasteiger partial charge in [-0.1, -0.05) is 60.7 Å². The van der Waals surface area contributed by atoms with E-state index in [1.54, 1.807) is 0 Å². The number of aliphatic hydroxyl groups is 2. The van der Waals surface area contributed by atoms with Crippen molar-refractivity contribution in [2.75, 3.05) is 13.2 Å². The van der Waals surface area contributed by atoms with E-state index >= 15 is 0 Å². The van der Waals surface area contributed by atoms with Gasteiger partial charge < -0.3 is 24.4 Å². The quantitative estimate of drug-likeness (QED) is 0.766. The van der Waals surface area contributed by atoms with E-state index in [2.05, 4.69) is 0 Å². The third kappa shape index (κ3) is 4.66. The van der Waals surface area contributed by atoms with Crippen LogP contribution in [0.5, 0.6) is 0 Å². The van der Waals surface area contributed by atoms with Crippen LogP contribution < -0.4 is 0 Å². The third-order valence-electron chi connectivity index (χ3n) is 4.34. The highest BCUT2D eigenvalue weighted by Gasteiger charge is 2.45. The highest BCUT2D eigenvalue weighted by Crippen LogP contribution is 2.28. The van der Waals surface area contributed by atoms with Gasteiger partial charge in [0.15, 0.2) is 0 Å². The summed E-state index contributed by atoms with van der Waals surface area (Å²) in [4.78, 5) is 0. The maximum Gasteiger partial charge on any atom is 0.115 e. The lowest BCUT2D eigenvalue weighted by Crippen LogP contribution is -2.39. The van der Waals surface area contributed by atoms with Gasteiger partial charge >= 0.3 is 0 Å². The Morgan fingerprint density at radius 1 is 0.680 bits per heavy atom. The molecule has 0 aromatic heterocycles. The maximum atomic E-state index is 9.61. The molecule has 0 spiro atoms. The molecule has 0 aliphatic carbocycles. The van der Waals surface area contributed by atoms with E-state index < -0.39 is 24.4 Å². The van der Waals surface area contributed by atoms with E-state index in [1.165, 1.54) is 0 Å². The van der Waals surface area contributed by atoms with Gasteiger partial charge in [0, 0.05) is 0 Å². The summed E-state index contributed by atoms with van der Waals surface area (Å²) in [7, 11) is 0. The second kappa shape index (κ2) is 9.08. The lowest BCUT2D eigenvalue weighted by atomic mass is 10.1. The maximum absolute atomic E-state index is 9.61. The van der Waals surface area contributed by atoms with Crippen LogP contribution in [0.2, 0.25) is 0 Å². The van der Waals surface area contributed by atoms with E-state index in [0.29, 0.717) is 13.2 Å². The largest absolute Gasteiger partial charge is 0.394 e. The highest BCUT2D eigenvalue weighted by molar-refractivity contribution is 5.14. The Morgan fingerprint density at radius 2 is 1.08 bits per heavy atom. The first-order valence-electron chi connectivity index (χ1n) is 8.50. The van der Waals surface area contributed by atoms with Crippen LogP contribution >= 0.6 is 0 Å². The number of hydrogen-bond donors (Lipinski definition) is 2. The smallest absolute Gasteiger partial charge is 0.115 e. The Hall–Kier alpha value is -1.76. The van der Waals surface area contributed by atoms with Gasteiger partial charge in [-0.05, 0) is 11.1 Å².